The molecular weight excluding hydrogens is 129 g/mol. The molecule has 0 aliphatic carbocycles. The van der Waals surface area contributed by atoms with E-state index < -0.39 is 0 Å². The predicted molar refractivity (Wildman–Crippen MR) is 43.2 cm³/mol. The van der Waals surface area contributed by atoms with Crippen LogP contribution in [-0.4, -0.2) is 0 Å². The third-order valence-corrected chi connectivity index (χ3v) is 1.26. The maximum atomic E-state index is 8.39. The van der Waals surface area contributed by atoms with Gasteiger partial charge < -0.3 is 0 Å². The molecule has 0 rings (SSSR count). The molecule has 2 heteroatoms. The maximum Gasteiger partial charge on any atom is 1.00 e. The maximum absolute atomic E-state index is 8.39. The van der Waals surface area contributed by atoms with Gasteiger partial charge in [0.1, 0.15) is 0 Å². The molecule has 0 aliphatic heterocycles. The Balaban J connectivity index is 0. The van der Waals surface area contributed by atoms with Crippen molar-refractivity contribution in [2.45, 2.75) is 33.6 Å². The summed E-state index contributed by atoms with van der Waals surface area (Å²) in [5.74, 6) is 0.914. The van der Waals surface area contributed by atoms with Gasteiger partial charge in [-0.2, -0.15) is 6.92 Å². The van der Waals surface area contributed by atoms with Gasteiger partial charge in [-0.15, -0.1) is 12.5 Å². The standard InChI is InChI=1S/C9H14N.Li/c1-8(2)5-4-6-9(3)7-10;/h5H,4,6H2,1-3H3;/q-1;+1. The van der Waals surface area contributed by atoms with Crippen LogP contribution in [0.2, 0.25) is 0 Å². The molecule has 0 radical (unpaired) electrons. The van der Waals surface area contributed by atoms with Crippen LogP contribution in [0.5, 0.6) is 0 Å². The van der Waals surface area contributed by atoms with E-state index in [1.807, 2.05) is 6.92 Å². The molecule has 0 aromatic rings. The number of hydrogen-bond acceptors (Lipinski definition) is 1. The van der Waals surface area contributed by atoms with Gasteiger partial charge in [0.15, 0.2) is 0 Å². The average Bonchev–Trinajstić information content (AvgIpc) is 1.87. The molecule has 0 amide bonds. The van der Waals surface area contributed by atoms with Crippen LogP contribution >= 0.6 is 0 Å². The molecule has 0 saturated carbocycles. The van der Waals surface area contributed by atoms with Crippen LogP contribution in [0, 0.1) is 17.2 Å². The Labute approximate surface area is 81.7 Å². The molecule has 11 heavy (non-hydrogen) atoms. The molecule has 0 aromatic carbocycles. The second kappa shape index (κ2) is 7.80. The average molecular weight is 143 g/mol. The van der Waals surface area contributed by atoms with Crippen LogP contribution in [0.4, 0.5) is 0 Å². The van der Waals surface area contributed by atoms with E-state index in [0.29, 0.717) is 0 Å². The Morgan fingerprint density at radius 3 is 2.45 bits per heavy atom. The van der Waals surface area contributed by atoms with E-state index in [2.05, 4.69) is 26.0 Å². The van der Waals surface area contributed by atoms with Gasteiger partial charge in [0.05, 0.1) is 0 Å². The van der Waals surface area contributed by atoms with E-state index in [1.54, 1.807) is 0 Å². The molecule has 0 aliphatic rings. The summed E-state index contributed by atoms with van der Waals surface area (Å²) >= 11 is 0. The van der Waals surface area contributed by atoms with Crippen LogP contribution in [0.15, 0.2) is 11.6 Å². The molecule has 0 spiro atoms. The quantitative estimate of drug-likeness (QED) is 0.306. The van der Waals surface area contributed by atoms with Crippen molar-refractivity contribution in [3.63, 3.8) is 0 Å². The normalized spacial score (nSPS) is 7.45. The fraction of sp³-hybridized carbons (Fsp3) is 0.556. The second-order valence-corrected chi connectivity index (χ2v) is 2.71. The fourth-order valence-electron chi connectivity index (χ4n) is 0.633. The van der Waals surface area contributed by atoms with Crippen LogP contribution in [0.25, 0.3) is 0 Å². The minimum Gasteiger partial charge on any atom is -0.279 e. The van der Waals surface area contributed by atoms with E-state index in [1.165, 1.54) is 5.57 Å². The topological polar surface area (TPSA) is 23.8 Å². The number of allylic oxidation sites excluding steroid dienone is 2. The summed E-state index contributed by atoms with van der Waals surface area (Å²) in [5, 5.41) is 8.39. The summed E-state index contributed by atoms with van der Waals surface area (Å²) in [5.41, 5.74) is 1.32. The summed E-state index contributed by atoms with van der Waals surface area (Å²) in [6, 6.07) is 2.13. The SMILES string of the molecule is CC(C)=CCC[C-](C)C#N.[Li+]. The molecule has 0 atom stereocenters. The van der Waals surface area contributed by atoms with Crippen molar-refractivity contribution in [1.82, 2.24) is 0 Å². The van der Waals surface area contributed by atoms with Gasteiger partial charge in [-0.1, -0.05) is 18.1 Å². The minimum absolute atomic E-state index is 0. The van der Waals surface area contributed by atoms with Crippen molar-refractivity contribution in [3.8, 4) is 6.07 Å². The number of nitrogens with zero attached hydrogens (tertiary/aromatic N) is 1. The van der Waals surface area contributed by atoms with Gasteiger partial charge in [0.25, 0.3) is 0 Å². The van der Waals surface area contributed by atoms with Gasteiger partial charge in [-0.25, -0.2) is 5.26 Å². The zero-order chi connectivity index (χ0) is 7.98. The van der Waals surface area contributed by atoms with E-state index in [9.17, 15) is 0 Å². The van der Waals surface area contributed by atoms with Gasteiger partial charge >= 0.3 is 18.9 Å². The van der Waals surface area contributed by atoms with E-state index >= 15 is 0 Å². The second-order valence-electron chi connectivity index (χ2n) is 2.71. The molecule has 0 heterocycles. The molecule has 0 N–H and O–H groups in total. The summed E-state index contributed by atoms with van der Waals surface area (Å²) in [6.07, 6.45) is 4.06. The number of hydrogen-bond donors (Lipinski definition) is 0. The van der Waals surface area contributed by atoms with Gasteiger partial charge in [-0.05, 0) is 13.8 Å². The van der Waals surface area contributed by atoms with Crippen LogP contribution < -0.4 is 18.9 Å². The summed E-state index contributed by atoms with van der Waals surface area (Å²) in [6.45, 7) is 6.02. The Bertz CT molecular complexity index is 151. The molecule has 0 saturated heterocycles. The van der Waals surface area contributed by atoms with Crippen molar-refractivity contribution in [1.29, 1.82) is 5.26 Å². The van der Waals surface area contributed by atoms with Crippen molar-refractivity contribution < 1.29 is 18.9 Å². The molecular formula is C9H14LiN. The largest absolute Gasteiger partial charge is 1.00 e. The third-order valence-electron chi connectivity index (χ3n) is 1.26. The van der Waals surface area contributed by atoms with Crippen molar-refractivity contribution in [3.05, 3.63) is 17.6 Å². The van der Waals surface area contributed by atoms with Gasteiger partial charge in [-0.3, -0.25) is 5.92 Å². The first kappa shape index (κ1) is 13.3. The smallest absolute Gasteiger partial charge is 0.279 e. The zero-order valence-electron chi connectivity index (χ0n) is 7.94. The summed E-state index contributed by atoms with van der Waals surface area (Å²) in [4.78, 5) is 0. The first-order valence-corrected chi connectivity index (χ1v) is 3.52. The summed E-state index contributed by atoms with van der Waals surface area (Å²) in [7, 11) is 0. The first-order valence-electron chi connectivity index (χ1n) is 3.52. The molecule has 56 valence electrons. The molecule has 0 aromatic heterocycles. The Kier molecular flexibility index (Phi) is 9.43. The minimum atomic E-state index is 0. The van der Waals surface area contributed by atoms with Crippen molar-refractivity contribution in [2.24, 2.45) is 0 Å². The fourth-order valence-corrected chi connectivity index (χ4v) is 0.633. The van der Waals surface area contributed by atoms with Crippen molar-refractivity contribution >= 4 is 0 Å². The number of rotatable bonds is 3. The van der Waals surface area contributed by atoms with Crippen LogP contribution in [0.1, 0.15) is 33.6 Å². The van der Waals surface area contributed by atoms with E-state index in [0.717, 1.165) is 18.8 Å². The molecule has 0 fully saturated rings. The van der Waals surface area contributed by atoms with Crippen LogP contribution in [-0.2, 0) is 0 Å². The molecule has 0 unspecified atom stereocenters. The zero-order valence-corrected chi connectivity index (χ0v) is 7.94. The third kappa shape index (κ3) is 9.70. The Hall–Kier alpha value is -0.303. The molecule has 0 bridgehead atoms. The monoisotopic (exact) mass is 143 g/mol. The Morgan fingerprint density at radius 2 is 2.09 bits per heavy atom. The number of nitriles is 1. The molecule has 1 nitrogen and oxygen atoms in total. The Morgan fingerprint density at radius 1 is 1.55 bits per heavy atom. The van der Waals surface area contributed by atoms with Crippen molar-refractivity contribution in [2.75, 3.05) is 0 Å². The first-order chi connectivity index (χ1) is 4.66. The predicted octanol–water partition coefficient (Wildman–Crippen LogP) is -0.145. The van der Waals surface area contributed by atoms with Gasteiger partial charge in [0, 0.05) is 0 Å². The van der Waals surface area contributed by atoms with Gasteiger partial charge in [0.2, 0.25) is 0 Å². The van der Waals surface area contributed by atoms with Crippen LogP contribution in [0.3, 0.4) is 0 Å². The van der Waals surface area contributed by atoms with E-state index in [4.69, 9.17) is 5.26 Å². The van der Waals surface area contributed by atoms with E-state index in [-0.39, 0.29) is 18.9 Å². The summed E-state index contributed by atoms with van der Waals surface area (Å²) < 4.78 is 0.